The van der Waals surface area contributed by atoms with Crippen LogP contribution in [0.25, 0.3) is 0 Å². The van der Waals surface area contributed by atoms with Gasteiger partial charge in [0.15, 0.2) is 11.5 Å². The van der Waals surface area contributed by atoms with Gasteiger partial charge < -0.3 is 24.8 Å². The fourth-order valence-electron chi connectivity index (χ4n) is 2.03. The number of rotatable bonds is 8. The Hall–Kier alpha value is -1.50. The number of ether oxygens (including phenoxy) is 3. The third kappa shape index (κ3) is 6.09. The summed E-state index contributed by atoms with van der Waals surface area (Å²) in [5, 5.41) is 5.88. The smallest absolute Gasteiger partial charge is 0.233 e. The normalized spacial score (nSPS) is 12.4. The van der Waals surface area contributed by atoms with E-state index in [1.165, 1.54) is 0 Å². The fraction of sp³-hybridized carbons (Fsp3) is 0.533. The zero-order valence-corrected chi connectivity index (χ0v) is 13.5. The van der Waals surface area contributed by atoms with E-state index in [0.29, 0.717) is 39.5 Å². The first-order valence-corrected chi connectivity index (χ1v) is 7.14. The van der Waals surface area contributed by atoms with E-state index in [9.17, 15) is 4.79 Å². The predicted molar refractivity (Wildman–Crippen MR) is 86.1 cm³/mol. The number of benzene rings is 1. The van der Waals surface area contributed by atoms with Crippen LogP contribution in [0.4, 0.5) is 0 Å². The number of methoxy groups -OCH3 is 1. The molecule has 7 heteroatoms. The maximum Gasteiger partial charge on any atom is 0.233 e. The lowest BCUT2D eigenvalue weighted by atomic mass is 10.1. The fourth-order valence-corrected chi connectivity index (χ4v) is 2.03. The van der Waals surface area contributed by atoms with Gasteiger partial charge in [-0.25, -0.2) is 0 Å². The summed E-state index contributed by atoms with van der Waals surface area (Å²) in [7, 11) is 1.63. The molecule has 0 spiro atoms. The molecule has 2 rings (SSSR count). The number of carbonyl (C=O) groups excluding carboxylic acids is 1. The van der Waals surface area contributed by atoms with Crippen LogP contribution in [-0.2, 0) is 16.0 Å². The second-order valence-electron chi connectivity index (χ2n) is 4.75. The Labute approximate surface area is 136 Å². The monoisotopic (exact) mass is 330 g/mol. The number of fused-ring (bicyclic) bond motifs is 1. The van der Waals surface area contributed by atoms with Crippen molar-refractivity contribution in [2.75, 3.05) is 46.6 Å². The standard InChI is InChI=1S/C15H22N2O4.ClH/c1-19-7-6-16-11-15(18)17-5-4-12-2-3-13-14(10-12)21-9-8-20-13;/h2-3,10,16H,4-9,11H2,1H3,(H,17,18);1H. The first-order chi connectivity index (χ1) is 10.3. The molecule has 1 aliphatic rings. The highest BCUT2D eigenvalue weighted by molar-refractivity contribution is 5.85. The van der Waals surface area contributed by atoms with E-state index >= 15 is 0 Å². The SMILES string of the molecule is COCCNCC(=O)NCCc1ccc2c(c1)OCCO2.Cl. The van der Waals surface area contributed by atoms with Gasteiger partial charge in [0.25, 0.3) is 0 Å². The van der Waals surface area contributed by atoms with Gasteiger partial charge in [0.05, 0.1) is 13.2 Å². The third-order valence-corrected chi connectivity index (χ3v) is 3.11. The molecule has 0 aliphatic carbocycles. The highest BCUT2D eigenvalue weighted by Crippen LogP contribution is 2.30. The Morgan fingerprint density at radius 3 is 2.77 bits per heavy atom. The quantitative estimate of drug-likeness (QED) is 0.689. The summed E-state index contributed by atoms with van der Waals surface area (Å²) in [6.07, 6.45) is 0.764. The molecule has 124 valence electrons. The van der Waals surface area contributed by atoms with Gasteiger partial charge in [-0.3, -0.25) is 4.79 Å². The van der Waals surface area contributed by atoms with Gasteiger partial charge in [-0.1, -0.05) is 6.07 Å². The lowest BCUT2D eigenvalue weighted by Gasteiger charge is -2.18. The maximum atomic E-state index is 11.6. The van der Waals surface area contributed by atoms with Crippen LogP contribution in [0.15, 0.2) is 18.2 Å². The first kappa shape index (κ1) is 18.5. The number of hydrogen-bond donors (Lipinski definition) is 2. The number of hydrogen-bond acceptors (Lipinski definition) is 5. The van der Waals surface area contributed by atoms with Gasteiger partial charge in [-0.05, 0) is 24.1 Å². The van der Waals surface area contributed by atoms with E-state index in [1.54, 1.807) is 7.11 Å². The molecule has 1 aromatic rings. The Balaban J connectivity index is 0.00000242. The van der Waals surface area contributed by atoms with Gasteiger partial charge in [-0.2, -0.15) is 0 Å². The lowest BCUT2D eigenvalue weighted by Crippen LogP contribution is -2.36. The minimum Gasteiger partial charge on any atom is -0.486 e. The Kier molecular flexibility index (Phi) is 8.65. The van der Waals surface area contributed by atoms with E-state index in [2.05, 4.69) is 10.6 Å². The molecule has 1 amide bonds. The summed E-state index contributed by atoms with van der Waals surface area (Å²) in [5.41, 5.74) is 1.12. The molecule has 0 saturated heterocycles. The van der Waals surface area contributed by atoms with E-state index < -0.39 is 0 Å². The summed E-state index contributed by atoms with van der Waals surface area (Å²) in [6, 6.07) is 5.88. The second kappa shape index (κ2) is 10.3. The number of amides is 1. The molecule has 6 nitrogen and oxygen atoms in total. The summed E-state index contributed by atoms with van der Waals surface area (Å²) < 4.78 is 15.9. The zero-order valence-electron chi connectivity index (χ0n) is 12.7. The van der Waals surface area contributed by atoms with Crippen molar-refractivity contribution < 1.29 is 19.0 Å². The maximum absolute atomic E-state index is 11.6. The van der Waals surface area contributed by atoms with Crippen LogP contribution in [0.5, 0.6) is 11.5 Å². The molecule has 0 unspecified atom stereocenters. The van der Waals surface area contributed by atoms with Gasteiger partial charge in [0.1, 0.15) is 13.2 Å². The molecule has 1 heterocycles. The third-order valence-electron chi connectivity index (χ3n) is 3.11. The highest BCUT2D eigenvalue weighted by atomic mass is 35.5. The van der Waals surface area contributed by atoms with Gasteiger partial charge in [0, 0.05) is 20.2 Å². The number of carbonyl (C=O) groups is 1. The zero-order chi connectivity index (χ0) is 14.9. The van der Waals surface area contributed by atoms with Crippen molar-refractivity contribution >= 4 is 18.3 Å². The summed E-state index contributed by atoms with van der Waals surface area (Å²) in [6.45, 7) is 3.37. The molecule has 2 N–H and O–H groups in total. The molecule has 22 heavy (non-hydrogen) atoms. The van der Waals surface area contributed by atoms with Crippen molar-refractivity contribution in [2.45, 2.75) is 6.42 Å². The average molecular weight is 331 g/mol. The molecule has 0 atom stereocenters. The molecule has 0 radical (unpaired) electrons. The Morgan fingerprint density at radius 2 is 2.00 bits per heavy atom. The van der Waals surface area contributed by atoms with E-state index in [4.69, 9.17) is 14.2 Å². The van der Waals surface area contributed by atoms with Crippen LogP contribution < -0.4 is 20.1 Å². The van der Waals surface area contributed by atoms with Crippen LogP contribution in [0, 0.1) is 0 Å². The lowest BCUT2D eigenvalue weighted by molar-refractivity contribution is -0.120. The predicted octanol–water partition coefficient (Wildman–Crippen LogP) is 0.774. The number of nitrogens with one attached hydrogen (secondary N) is 2. The molecule has 0 fully saturated rings. The molecule has 0 bridgehead atoms. The molecule has 0 saturated carbocycles. The summed E-state index contributed by atoms with van der Waals surface area (Å²) in [5.74, 6) is 1.56. The largest absolute Gasteiger partial charge is 0.486 e. The number of halogens is 1. The van der Waals surface area contributed by atoms with Crippen molar-refractivity contribution in [3.05, 3.63) is 23.8 Å². The first-order valence-electron chi connectivity index (χ1n) is 7.14. The van der Waals surface area contributed by atoms with Gasteiger partial charge >= 0.3 is 0 Å². The van der Waals surface area contributed by atoms with Crippen LogP contribution in [0.1, 0.15) is 5.56 Å². The van der Waals surface area contributed by atoms with Crippen molar-refractivity contribution in [2.24, 2.45) is 0 Å². The van der Waals surface area contributed by atoms with Crippen LogP contribution in [-0.4, -0.2) is 52.5 Å². The molecule has 1 aromatic carbocycles. The van der Waals surface area contributed by atoms with Crippen LogP contribution in [0.2, 0.25) is 0 Å². The van der Waals surface area contributed by atoms with Crippen LogP contribution >= 0.6 is 12.4 Å². The van der Waals surface area contributed by atoms with E-state index in [-0.39, 0.29) is 18.3 Å². The van der Waals surface area contributed by atoms with Gasteiger partial charge in [-0.15, -0.1) is 12.4 Å². The van der Waals surface area contributed by atoms with Crippen molar-refractivity contribution in [3.8, 4) is 11.5 Å². The van der Waals surface area contributed by atoms with Crippen molar-refractivity contribution in [1.29, 1.82) is 0 Å². The minimum absolute atomic E-state index is 0. The van der Waals surface area contributed by atoms with Gasteiger partial charge in [0.2, 0.25) is 5.91 Å². The molecular weight excluding hydrogens is 308 g/mol. The van der Waals surface area contributed by atoms with E-state index in [0.717, 1.165) is 23.5 Å². The Morgan fingerprint density at radius 1 is 1.23 bits per heavy atom. The minimum atomic E-state index is -0.0105. The summed E-state index contributed by atoms with van der Waals surface area (Å²) >= 11 is 0. The second-order valence-corrected chi connectivity index (χ2v) is 4.75. The molecule has 0 aromatic heterocycles. The average Bonchev–Trinajstić information content (AvgIpc) is 2.51. The molecule has 1 aliphatic heterocycles. The van der Waals surface area contributed by atoms with Crippen molar-refractivity contribution in [3.63, 3.8) is 0 Å². The highest BCUT2D eigenvalue weighted by Gasteiger charge is 2.11. The topological polar surface area (TPSA) is 68.8 Å². The molecular formula is C15H23ClN2O4. The van der Waals surface area contributed by atoms with E-state index in [1.807, 2.05) is 18.2 Å². The van der Waals surface area contributed by atoms with Crippen molar-refractivity contribution in [1.82, 2.24) is 10.6 Å². The van der Waals surface area contributed by atoms with Crippen LogP contribution in [0.3, 0.4) is 0 Å². The summed E-state index contributed by atoms with van der Waals surface area (Å²) in [4.78, 5) is 11.6. The Bertz CT molecular complexity index is 471.